The zero-order chi connectivity index (χ0) is 25.4. The fraction of sp³-hybridized carbons (Fsp3) is 0.458. The molecule has 0 bridgehead atoms. The molecule has 1 fully saturated rings. The molecule has 10 nitrogen and oxygen atoms in total. The normalized spacial score (nSPS) is 24.9. The van der Waals surface area contributed by atoms with E-state index < -0.39 is 23.6 Å². The number of halogens is 1. The highest BCUT2D eigenvalue weighted by atomic mass is 35.5. The van der Waals surface area contributed by atoms with Gasteiger partial charge in [-0.25, -0.2) is 4.79 Å². The first-order valence-electron chi connectivity index (χ1n) is 11.3. The van der Waals surface area contributed by atoms with E-state index in [0.717, 1.165) is 6.07 Å². The molecular formula is C24H29ClN2O8. The van der Waals surface area contributed by atoms with Gasteiger partial charge < -0.3 is 34.6 Å². The third-order valence-electron chi connectivity index (χ3n) is 5.23. The van der Waals surface area contributed by atoms with E-state index in [0.29, 0.717) is 26.2 Å². The molecule has 0 saturated carbocycles. The van der Waals surface area contributed by atoms with Crippen molar-refractivity contribution in [2.24, 2.45) is 5.16 Å². The maximum absolute atomic E-state index is 12.9. The average molecular weight is 509 g/mol. The molecular weight excluding hydrogens is 480 g/mol. The van der Waals surface area contributed by atoms with Gasteiger partial charge in [0.2, 0.25) is 0 Å². The number of nitrogens with one attached hydrogen (secondary N) is 1. The predicted octanol–water partition coefficient (Wildman–Crippen LogP) is 2.65. The molecule has 0 aliphatic carbocycles. The number of epoxide rings is 1. The van der Waals surface area contributed by atoms with E-state index in [4.69, 9.17) is 30.6 Å². The van der Waals surface area contributed by atoms with Crippen molar-refractivity contribution >= 4 is 29.2 Å². The summed E-state index contributed by atoms with van der Waals surface area (Å²) in [6.07, 6.45) is 6.68. The summed E-state index contributed by atoms with van der Waals surface area (Å²) in [5.74, 6) is -2.07. The van der Waals surface area contributed by atoms with Crippen molar-refractivity contribution in [1.82, 2.24) is 5.32 Å². The van der Waals surface area contributed by atoms with Gasteiger partial charge in [0.25, 0.3) is 5.91 Å². The number of carbonyl (C=O) groups excluding carboxylic acids is 2. The third-order valence-corrected chi connectivity index (χ3v) is 5.65. The van der Waals surface area contributed by atoms with Crippen LogP contribution >= 0.6 is 11.6 Å². The maximum Gasteiger partial charge on any atom is 0.342 e. The molecule has 35 heavy (non-hydrogen) atoms. The van der Waals surface area contributed by atoms with Gasteiger partial charge in [-0.05, 0) is 25.5 Å². The lowest BCUT2D eigenvalue weighted by Crippen LogP contribution is -2.30. The van der Waals surface area contributed by atoms with Crippen LogP contribution in [0.4, 0.5) is 0 Å². The van der Waals surface area contributed by atoms with Crippen molar-refractivity contribution in [3.05, 3.63) is 46.5 Å². The first-order valence-corrected chi connectivity index (χ1v) is 11.7. The van der Waals surface area contributed by atoms with Gasteiger partial charge in [-0.1, -0.05) is 35.0 Å². The molecule has 2 aliphatic heterocycles. The Kier molecular flexibility index (Phi) is 9.53. The number of ether oxygens (including phenoxy) is 3. The van der Waals surface area contributed by atoms with Crippen LogP contribution in [0.15, 0.2) is 35.5 Å². The number of amides is 1. The maximum atomic E-state index is 12.9. The average Bonchev–Trinajstić information content (AvgIpc) is 3.53. The standard InChI is InChI=1S/C24H29ClN2O8/c1-3-32-9-8-26-21(30)13-33-27-15-6-4-5-7-19-20(35-19)10-14(2)34-24(31)22-16(11-15)23(25)18(29)12-17(22)28/h4-7,12,14,19-20,28-29H,3,8-11,13H2,1-2H3,(H,26,30)/b6-4+,7-5+,27-15+/t14-,19-,20-/m1/s1. The largest absolute Gasteiger partial charge is 0.507 e. The fourth-order valence-corrected chi connectivity index (χ4v) is 3.70. The summed E-state index contributed by atoms with van der Waals surface area (Å²) >= 11 is 6.30. The lowest BCUT2D eigenvalue weighted by atomic mass is 9.99. The van der Waals surface area contributed by atoms with Crippen LogP contribution in [0.5, 0.6) is 11.5 Å². The summed E-state index contributed by atoms with van der Waals surface area (Å²) in [4.78, 5) is 30.0. The molecule has 1 amide bonds. The molecule has 3 N–H and O–H groups in total. The number of esters is 1. The number of carbonyl (C=O) groups is 2. The lowest BCUT2D eigenvalue weighted by Gasteiger charge is -2.17. The van der Waals surface area contributed by atoms with Gasteiger partial charge in [-0.2, -0.15) is 0 Å². The molecule has 1 saturated heterocycles. The van der Waals surface area contributed by atoms with E-state index in [9.17, 15) is 19.8 Å². The fourth-order valence-electron chi connectivity index (χ4n) is 3.48. The number of cyclic esters (lactones) is 1. The highest BCUT2D eigenvalue weighted by Crippen LogP contribution is 2.38. The van der Waals surface area contributed by atoms with E-state index in [-0.39, 0.29) is 53.0 Å². The summed E-state index contributed by atoms with van der Waals surface area (Å²) in [6.45, 7) is 4.51. The second kappa shape index (κ2) is 12.6. The summed E-state index contributed by atoms with van der Waals surface area (Å²) in [5, 5.41) is 27.1. The van der Waals surface area contributed by atoms with Gasteiger partial charge in [0.1, 0.15) is 29.3 Å². The minimum absolute atomic E-state index is 0.0837. The number of rotatable bonds is 7. The molecule has 0 spiro atoms. The quantitative estimate of drug-likeness (QED) is 0.221. The monoisotopic (exact) mass is 508 g/mol. The smallest absolute Gasteiger partial charge is 0.342 e. The molecule has 0 aromatic heterocycles. The Morgan fingerprint density at radius 3 is 2.89 bits per heavy atom. The van der Waals surface area contributed by atoms with Crippen molar-refractivity contribution in [3.63, 3.8) is 0 Å². The van der Waals surface area contributed by atoms with Crippen LogP contribution in [-0.4, -0.2) is 72.5 Å². The van der Waals surface area contributed by atoms with Gasteiger partial charge in [-0.3, -0.25) is 4.79 Å². The number of fused-ring (bicyclic) bond motifs is 2. The van der Waals surface area contributed by atoms with E-state index in [2.05, 4.69) is 10.5 Å². The topological polar surface area (TPSA) is 139 Å². The van der Waals surface area contributed by atoms with Crippen LogP contribution in [0.25, 0.3) is 0 Å². The summed E-state index contributed by atoms with van der Waals surface area (Å²) < 4.78 is 16.2. The number of hydrogen-bond acceptors (Lipinski definition) is 9. The van der Waals surface area contributed by atoms with Gasteiger partial charge in [0, 0.05) is 32.1 Å². The number of oxime groups is 1. The number of nitrogens with zero attached hydrogens (tertiary/aromatic N) is 1. The molecule has 11 heteroatoms. The molecule has 0 unspecified atom stereocenters. The Labute approximate surface area is 208 Å². The van der Waals surface area contributed by atoms with Crippen molar-refractivity contribution in [1.29, 1.82) is 0 Å². The number of aromatic hydroxyl groups is 2. The van der Waals surface area contributed by atoms with Gasteiger partial charge in [0.15, 0.2) is 6.61 Å². The number of allylic oxidation sites excluding steroid dienone is 3. The Balaban J connectivity index is 1.85. The second-order valence-electron chi connectivity index (χ2n) is 8.00. The first-order chi connectivity index (χ1) is 16.8. The Morgan fingerprint density at radius 2 is 2.11 bits per heavy atom. The Hall–Kier alpha value is -3.08. The second-order valence-corrected chi connectivity index (χ2v) is 8.37. The minimum Gasteiger partial charge on any atom is -0.507 e. The van der Waals surface area contributed by atoms with Crippen LogP contribution in [0.1, 0.15) is 36.2 Å². The number of hydrogen-bond donors (Lipinski definition) is 3. The van der Waals surface area contributed by atoms with Crippen molar-refractivity contribution in [2.75, 3.05) is 26.4 Å². The van der Waals surface area contributed by atoms with Gasteiger partial charge in [-0.15, -0.1) is 0 Å². The molecule has 3 rings (SSSR count). The van der Waals surface area contributed by atoms with E-state index >= 15 is 0 Å². The third kappa shape index (κ3) is 7.71. The molecule has 0 radical (unpaired) electrons. The highest BCUT2D eigenvalue weighted by Gasteiger charge is 2.38. The van der Waals surface area contributed by atoms with Crippen LogP contribution < -0.4 is 5.32 Å². The van der Waals surface area contributed by atoms with Crippen molar-refractivity contribution in [2.45, 2.75) is 45.0 Å². The Morgan fingerprint density at radius 1 is 1.31 bits per heavy atom. The highest BCUT2D eigenvalue weighted by molar-refractivity contribution is 6.33. The van der Waals surface area contributed by atoms with Crippen LogP contribution in [0, 0.1) is 0 Å². The van der Waals surface area contributed by atoms with E-state index in [1.54, 1.807) is 25.2 Å². The number of benzene rings is 1. The summed E-state index contributed by atoms with van der Waals surface area (Å²) in [7, 11) is 0. The van der Waals surface area contributed by atoms with Crippen molar-refractivity contribution in [3.8, 4) is 11.5 Å². The lowest BCUT2D eigenvalue weighted by molar-refractivity contribution is -0.125. The predicted molar refractivity (Wildman–Crippen MR) is 128 cm³/mol. The van der Waals surface area contributed by atoms with Crippen LogP contribution in [-0.2, 0) is 30.3 Å². The molecule has 3 atom stereocenters. The molecule has 2 aliphatic rings. The molecule has 1 aromatic rings. The first kappa shape index (κ1) is 26.5. The van der Waals surface area contributed by atoms with E-state index in [1.165, 1.54) is 0 Å². The van der Waals surface area contributed by atoms with Gasteiger partial charge in [0.05, 0.1) is 23.4 Å². The summed E-state index contributed by atoms with van der Waals surface area (Å²) in [5.41, 5.74) is 0.197. The minimum atomic E-state index is -0.797. The SMILES string of the molecule is CCOCCNC(=O)CO\N=C1/C=C/C=C/[C@H]2O[C@@H]2C[C@@H](C)OC(=O)c2c(O)cc(O)c(Cl)c2C1. The zero-order valence-corrected chi connectivity index (χ0v) is 20.3. The zero-order valence-electron chi connectivity index (χ0n) is 19.5. The van der Waals surface area contributed by atoms with E-state index in [1.807, 2.05) is 13.0 Å². The molecule has 1 aromatic carbocycles. The summed E-state index contributed by atoms with van der Waals surface area (Å²) in [6, 6.07) is 0.981. The van der Waals surface area contributed by atoms with Crippen LogP contribution in [0.3, 0.4) is 0 Å². The van der Waals surface area contributed by atoms with Gasteiger partial charge >= 0.3 is 5.97 Å². The number of phenols is 2. The molecule has 190 valence electrons. The number of phenolic OH excluding ortho intramolecular Hbond substituents is 2. The van der Waals surface area contributed by atoms with Crippen molar-refractivity contribution < 1.29 is 38.9 Å². The molecule has 2 heterocycles. The Bertz CT molecular complexity index is 1020. The van der Waals surface area contributed by atoms with Crippen LogP contribution in [0.2, 0.25) is 5.02 Å².